The Morgan fingerprint density at radius 2 is 2.12 bits per heavy atom. The second kappa shape index (κ2) is 8.93. The number of benzene rings is 1. The molecule has 3 saturated heterocycles. The Morgan fingerprint density at radius 3 is 2.75 bits per heavy atom. The van der Waals surface area contributed by atoms with Crippen LogP contribution in [0.5, 0.6) is 0 Å². The van der Waals surface area contributed by atoms with Gasteiger partial charge in [0.25, 0.3) is 0 Å². The Morgan fingerprint density at radius 1 is 1.41 bits per heavy atom. The number of nitrogens with one attached hydrogen (secondary N) is 1. The molecule has 3 heterocycles. The summed E-state index contributed by atoms with van der Waals surface area (Å²) in [7, 11) is 0. The number of fused-ring (bicyclic) bond motifs is 1. The third-order valence-corrected chi connectivity index (χ3v) is 7.92. The van der Waals surface area contributed by atoms with Crippen molar-refractivity contribution in [3.63, 3.8) is 0 Å². The van der Waals surface area contributed by atoms with Crippen LogP contribution in [0.2, 0.25) is 5.02 Å². The lowest BCUT2D eigenvalue weighted by atomic mass is 9.70. The summed E-state index contributed by atoms with van der Waals surface area (Å²) in [5.41, 5.74) is -0.797. The van der Waals surface area contributed by atoms with Crippen molar-refractivity contribution in [2.24, 2.45) is 11.8 Å². The first-order chi connectivity index (χ1) is 15.3. The minimum atomic E-state index is -1.21. The molecule has 2 N–H and O–H groups in total. The van der Waals surface area contributed by atoms with Crippen LogP contribution in [0.25, 0.3) is 0 Å². The molecule has 2 amide bonds. The predicted molar refractivity (Wildman–Crippen MR) is 120 cm³/mol. The number of halogens is 2. The summed E-state index contributed by atoms with van der Waals surface area (Å²) in [6, 6.07) is 5.19. The molecule has 0 aliphatic carbocycles. The summed E-state index contributed by atoms with van der Waals surface area (Å²) in [6.45, 7) is 3.40. The van der Waals surface area contributed by atoms with Crippen LogP contribution in [0, 0.1) is 11.8 Å². The number of aliphatic hydroxyl groups is 1. The summed E-state index contributed by atoms with van der Waals surface area (Å²) < 4.78 is 11.6. The van der Waals surface area contributed by atoms with Crippen molar-refractivity contribution in [3.8, 4) is 0 Å². The van der Waals surface area contributed by atoms with E-state index in [1.165, 1.54) is 4.90 Å². The third-order valence-electron chi connectivity index (χ3n) is 6.74. The third kappa shape index (κ3) is 3.45. The number of likely N-dealkylation sites (tertiary alicyclic amines) is 1. The van der Waals surface area contributed by atoms with Crippen molar-refractivity contribution in [3.05, 3.63) is 29.3 Å². The topological polar surface area (TPSA) is 105 Å². The van der Waals surface area contributed by atoms with Crippen LogP contribution in [-0.4, -0.2) is 69.6 Å². The molecule has 3 aliphatic heterocycles. The fourth-order valence-corrected chi connectivity index (χ4v) is 6.57. The van der Waals surface area contributed by atoms with E-state index in [0.717, 1.165) is 0 Å². The Labute approximate surface area is 199 Å². The number of ether oxygens (including phenoxy) is 2. The van der Waals surface area contributed by atoms with Crippen LogP contribution in [-0.2, 0) is 23.9 Å². The van der Waals surface area contributed by atoms with Gasteiger partial charge >= 0.3 is 5.97 Å². The normalized spacial score (nSPS) is 33.8. The molecule has 1 aromatic rings. The first kappa shape index (κ1) is 23.5. The maximum Gasteiger partial charge on any atom is 0.312 e. The van der Waals surface area contributed by atoms with Crippen LogP contribution in [0.3, 0.4) is 0 Å². The zero-order valence-corrected chi connectivity index (χ0v) is 20.1. The number of carbonyl (C=O) groups is 3. The number of carbonyl (C=O) groups excluding carboxylic acids is 3. The fourth-order valence-electron chi connectivity index (χ4n) is 5.45. The van der Waals surface area contributed by atoms with Gasteiger partial charge in [-0.2, -0.15) is 0 Å². The predicted octanol–water partition coefficient (Wildman–Crippen LogP) is 2.36. The molecule has 2 bridgehead atoms. The average molecular weight is 530 g/mol. The van der Waals surface area contributed by atoms with Gasteiger partial charge in [0, 0.05) is 4.83 Å². The number of esters is 1. The Balaban J connectivity index is 1.77. The lowest BCUT2D eigenvalue weighted by Gasteiger charge is -2.36. The van der Waals surface area contributed by atoms with Crippen molar-refractivity contribution in [1.29, 1.82) is 0 Å². The molecule has 0 radical (unpaired) electrons. The van der Waals surface area contributed by atoms with Gasteiger partial charge in [-0.1, -0.05) is 46.6 Å². The second-order valence-corrected chi connectivity index (χ2v) is 9.96. The molecule has 7 atom stereocenters. The van der Waals surface area contributed by atoms with Crippen LogP contribution < -0.4 is 5.32 Å². The number of hydrogen-bond acceptors (Lipinski definition) is 6. The highest BCUT2D eigenvalue weighted by Gasteiger charge is 2.77. The van der Waals surface area contributed by atoms with Gasteiger partial charge in [0.05, 0.1) is 47.9 Å². The lowest BCUT2D eigenvalue weighted by molar-refractivity contribution is -0.155. The quantitative estimate of drug-likeness (QED) is 0.415. The second-order valence-electron chi connectivity index (χ2n) is 8.37. The largest absolute Gasteiger partial charge is 0.466 e. The minimum Gasteiger partial charge on any atom is -0.466 e. The van der Waals surface area contributed by atoms with Gasteiger partial charge < -0.3 is 24.8 Å². The maximum atomic E-state index is 13.7. The molecule has 0 saturated carbocycles. The van der Waals surface area contributed by atoms with Crippen LogP contribution in [0.15, 0.2) is 24.3 Å². The van der Waals surface area contributed by atoms with Crippen LogP contribution >= 0.6 is 27.5 Å². The van der Waals surface area contributed by atoms with E-state index in [0.29, 0.717) is 23.6 Å². The smallest absolute Gasteiger partial charge is 0.312 e. The number of amides is 2. The highest BCUT2D eigenvalue weighted by atomic mass is 79.9. The number of anilines is 1. The summed E-state index contributed by atoms with van der Waals surface area (Å²) in [4.78, 5) is 41.4. The Bertz CT molecular complexity index is 927. The molecule has 1 aromatic carbocycles. The van der Waals surface area contributed by atoms with Crippen molar-refractivity contribution in [2.45, 2.75) is 55.3 Å². The summed E-state index contributed by atoms with van der Waals surface area (Å²) in [6.07, 6.45) is 0.240. The number of hydrogen-bond donors (Lipinski definition) is 2. The van der Waals surface area contributed by atoms with E-state index in [2.05, 4.69) is 21.2 Å². The van der Waals surface area contributed by atoms with E-state index in [1.54, 1.807) is 31.2 Å². The SMILES string of the molecule is CCOC(=O)[C@H]1[C@@H]2O[C@@]3(CC2Br)[C@@H]1C(=O)N([C@@H](CC)CO)[C@@H]3C(=O)Nc1ccccc1Cl. The molecular formula is C22H26BrClN2O6. The standard InChI is InChI=1S/C22H26BrClN2O6/c1-3-11(10-27)26-18(19(28)25-14-8-6-5-7-13(14)24)22-9-12(23)17(32-22)15(16(22)20(26)29)21(30)31-4-2/h5-8,11-12,15-18,27H,3-4,9-10H2,1-2H3,(H,25,28)/t11-,12?,15+,16-,17+,18+,22-/m0/s1. The zero-order chi connectivity index (χ0) is 23.2. The molecular weight excluding hydrogens is 504 g/mol. The molecule has 174 valence electrons. The van der Waals surface area contributed by atoms with Gasteiger partial charge in [-0.05, 0) is 31.9 Å². The average Bonchev–Trinajstić information content (AvgIpc) is 3.35. The van der Waals surface area contributed by atoms with Crippen molar-refractivity contribution >= 4 is 51.0 Å². The van der Waals surface area contributed by atoms with Crippen LogP contribution in [0.1, 0.15) is 26.7 Å². The van der Waals surface area contributed by atoms with E-state index in [1.807, 2.05) is 6.92 Å². The molecule has 4 rings (SSSR count). The van der Waals surface area contributed by atoms with E-state index in [4.69, 9.17) is 21.1 Å². The molecule has 1 spiro atoms. The number of para-hydroxylation sites is 1. The first-order valence-electron chi connectivity index (χ1n) is 10.8. The summed E-state index contributed by atoms with van der Waals surface area (Å²) in [5, 5.41) is 13.2. The Hall–Kier alpha value is -1.68. The van der Waals surface area contributed by atoms with Gasteiger partial charge in [0.2, 0.25) is 11.8 Å². The van der Waals surface area contributed by atoms with Gasteiger partial charge in [0.1, 0.15) is 11.6 Å². The maximum absolute atomic E-state index is 13.7. The van der Waals surface area contributed by atoms with Crippen molar-refractivity contribution < 1.29 is 29.0 Å². The highest BCUT2D eigenvalue weighted by molar-refractivity contribution is 9.09. The highest BCUT2D eigenvalue weighted by Crippen LogP contribution is 2.60. The molecule has 0 aromatic heterocycles. The van der Waals surface area contributed by atoms with Gasteiger partial charge in [0.15, 0.2) is 0 Å². The minimum absolute atomic E-state index is 0.178. The lowest BCUT2D eigenvalue weighted by Crippen LogP contribution is -2.56. The van der Waals surface area contributed by atoms with E-state index < -0.39 is 47.5 Å². The van der Waals surface area contributed by atoms with E-state index in [9.17, 15) is 19.5 Å². The number of nitrogens with zero attached hydrogens (tertiary/aromatic N) is 1. The number of alkyl halides is 1. The fraction of sp³-hybridized carbons (Fsp3) is 0.591. The van der Waals surface area contributed by atoms with Crippen molar-refractivity contribution in [2.75, 3.05) is 18.5 Å². The molecule has 32 heavy (non-hydrogen) atoms. The first-order valence-corrected chi connectivity index (χ1v) is 12.1. The van der Waals surface area contributed by atoms with Gasteiger partial charge in [-0.15, -0.1) is 0 Å². The zero-order valence-electron chi connectivity index (χ0n) is 17.8. The van der Waals surface area contributed by atoms with Gasteiger partial charge in [-0.3, -0.25) is 14.4 Å². The molecule has 3 aliphatic rings. The van der Waals surface area contributed by atoms with E-state index >= 15 is 0 Å². The van der Waals surface area contributed by atoms with Crippen molar-refractivity contribution in [1.82, 2.24) is 4.90 Å². The molecule has 3 fully saturated rings. The van der Waals surface area contributed by atoms with E-state index in [-0.39, 0.29) is 23.9 Å². The number of aliphatic hydroxyl groups excluding tert-OH is 1. The Kier molecular flexibility index (Phi) is 6.55. The van der Waals surface area contributed by atoms with Gasteiger partial charge in [-0.25, -0.2) is 0 Å². The summed E-state index contributed by atoms with van der Waals surface area (Å²) in [5.74, 6) is -3.03. The molecule has 1 unspecified atom stereocenters. The van der Waals surface area contributed by atoms with Crippen LogP contribution in [0.4, 0.5) is 5.69 Å². The molecule has 8 nitrogen and oxygen atoms in total. The number of rotatable bonds is 7. The summed E-state index contributed by atoms with van der Waals surface area (Å²) >= 11 is 9.82. The monoisotopic (exact) mass is 528 g/mol. The molecule has 10 heteroatoms.